The average Bonchev–Trinajstić information content (AvgIpc) is 3.13. The van der Waals surface area contributed by atoms with Crippen LogP contribution in [0.1, 0.15) is 36.5 Å². The van der Waals surface area contributed by atoms with E-state index < -0.39 is 0 Å². The minimum absolute atomic E-state index is 0.0261. The van der Waals surface area contributed by atoms with Crippen LogP contribution >= 0.6 is 11.6 Å². The van der Waals surface area contributed by atoms with Crippen LogP contribution in [0.25, 0.3) is 0 Å². The molecule has 0 spiro atoms. The van der Waals surface area contributed by atoms with Crippen LogP contribution < -0.4 is 5.32 Å². The van der Waals surface area contributed by atoms with Gasteiger partial charge in [0.15, 0.2) is 0 Å². The number of benzene rings is 1. The first-order valence-corrected chi connectivity index (χ1v) is 9.93. The highest BCUT2D eigenvalue weighted by Crippen LogP contribution is 2.60. The summed E-state index contributed by atoms with van der Waals surface area (Å²) in [4.78, 5) is 15.1. The highest BCUT2D eigenvalue weighted by Gasteiger charge is 2.59. The smallest absolute Gasteiger partial charge is 0.251 e. The normalized spacial score (nSPS) is 30.7. The number of rotatable bonds is 5. The quantitative estimate of drug-likeness (QED) is 0.874. The van der Waals surface area contributed by atoms with Crippen molar-refractivity contribution in [2.24, 2.45) is 17.8 Å². The molecule has 4 rings (SSSR count). The second-order valence-electron chi connectivity index (χ2n) is 7.67. The van der Waals surface area contributed by atoms with Gasteiger partial charge in [0.2, 0.25) is 0 Å². The molecule has 1 N–H and O–H groups in total. The van der Waals surface area contributed by atoms with Crippen LogP contribution in [0.2, 0.25) is 5.02 Å². The number of hydrogen-bond acceptors (Lipinski definition) is 3. The van der Waals surface area contributed by atoms with Gasteiger partial charge in [-0.15, -0.1) is 0 Å². The fourth-order valence-corrected chi connectivity index (χ4v) is 5.15. The Bertz CT molecular complexity index is 603. The summed E-state index contributed by atoms with van der Waals surface area (Å²) in [5, 5.41) is 3.93. The van der Waals surface area contributed by atoms with Crippen molar-refractivity contribution in [1.29, 1.82) is 0 Å². The summed E-state index contributed by atoms with van der Waals surface area (Å²) in [6, 6.07) is 8.18. The van der Waals surface area contributed by atoms with Gasteiger partial charge in [-0.3, -0.25) is 9.69 Å². The van der Waals surface area contributed by atoms with Gasteiger partial charge < -0.3 is 10.1 Å². The number of nitrogens with one attached hydrogen (secondary N) is 1. The minimum atomic E-state index is 0.0261. The van der Waals surface area contributed by atoms with Gasteiger partial charge >= 0.3 is 0 Å². The molecule has 0 unspecified atom stereocenters. The number of halogens is 1. The molecule has 1 saturated heterocycles. The van der Waals surface area contributed by atoms with Gasteiger partial charge in [-0.1, -0.05) is 18.5 Å². The van der Waals surface area contributed by atoms with E-state index in [0.29, 0.717) is 22.5 Å². The van der Waals surface area contributed by atoms with Crippen molar-refractivity contribution in [2.45, 2.75) is 38.3 Å². The molecule has 3 fully saturated rings. The first kappa shape index (κ1) is 17.3. The largest absolute Gasteiger partial charge is 0.379 e. The lowest BCUT2D eigenvalue weighted by molar-refractivity contribution is 0.0141. The zero-order valence-electron chi connectivity index (χ0n) is 14.8. The van der Waals surface area contributed by atoms with E-state index in [1.807, 2.05) is 0 Å². The molecule has 3 atom stereocenters. The lowest BCUT2D eigenvalue weighted by atomic mass is 9.98. The highest BCUT2D eigenvalue weighted by molar-refractivity contribution is 6.30. The van der Waals surface area contributed by atoms with Crippen LogP contribution in [0.3, 0.4) is 0 Å². The van der Waals surface area contributed by atoms with Crippen molar-refractivity contribution >= 4 is 17.5 Å². The Hall–Kier alpha value is -1.10. The fraction of sp³-hybridized carbons (Fsp3) is 0.650. The van der Waals surface area contributed by atoms with E-state index in [0.717, 1.165) is 50.6 Å². The molecular weight excluding hydrogens is 336 g/mol. The van der Waals surface area contributed by atoms with Gasteiger partial charge in [-0.2, -0.15) is 0 Å². The summed E-state index contributed by atoms with van der Waals surface area (Å²) >= 11 is 5.91. The van der Waals surface area contributed by atoms with Crippen LogP contribution in [0.4, 0.5) is 0 Å². The van der Waals surface area contributed by atoms with Crippen molar-refractivity contribution in [2.75, 3.05) is 26.3 Å². The Morgan fingerprint density at radius 3 is 2.48 bits per heavy atom. The first-order chi connectivity index (χ1) is 12.2. The maximum Gasteiger partial charge on any atom is 0.251 e. The van der Waals surface area contributed by atoms with Crippen LogP contribution in [0.5, 0.6) is 0 Å². The zero-order valence-corrected chi connectivity index (χ0v) is 15.5. The van der Waals surface area contributed by atoms with Crippen molar-refractivity contribution in [1.82, 2.24) is 10.2 Å². The lowest BCUT2D eigenvalue weighted by Gasteiger charge is -2.34. The lowest BCUT2D eigenvalue weighted by Crippen LogP contribution is -2.44. The number of hydrogen-bond donors (Lipinski definition) is 1. The molecule has 25 heavy (non-hydrogen) atoms. The Morgan fingerprint density at radius 2 is 1.88 bits per heavy atom. The first-order valence-electron chi connectivity index (χ1n) is 9.55. The molecule has 1 aromatic carbocycles. The predicted octanol–water partition coefficient (Wildman–Crippen LogP) is 3.21. The van der Waals surface area contributed by atoms with E-state index in [-0.39, 0.29) is 5.91 Å². The minimum Gasteiger partial charge on any atom is -0.379 e. The SMILES string of the molecule is CC[C@H](NC(=O)c1ccc(Cl)cc1)C1[C@H]2CC(N3CCOCC3)C[C@H]12. The van der Waals surface area contributed by atoms with Crippen LogP contribution in [0.15, 0.2) is 24.3 Å². The molecule has 2 saturated carbocycles. The molecule has 136 valence electrons. The summed E-state index contributed by atoms with van der Waals surface area (Å²) in [6.07, 6.45) is 3.59. The molecule has 0 aromatic heterocycles. The van der Waals surface area contributed by atoms with Crippen molar-refractivity contribution in [3.63, 3.8) is 0 Å². The number of morpholine rings is 1. The van der Waals surface area contributed by atoms with E-state index in [2.05, 4.69) is 17.1 Å². The Morgan fingerprint density at radius 1 is 1.24 bits per heavy atom. The molecule has 0 radical (unpaired) electrons. The van der Waals surface area contributed by atoms with Gasteiger partial charge in [0.1, 0.15) is 0 Å². The number of fused-ring (bicyclic) bond motifs is 1. The van der Waals surface area contributed by atoms with Crippen molar-refractivity contribution < 1.29 is 9.53 Å². The summed E-state index contributed by atoms with van der Waals surface area (Å²) in [5.74, 6) is 2.28. The van der Waals surface area contributed by atoms with E-state index in [1.54, 1.807) is 24.3 Å². The topological polar surface area (TPSA) is 41.6 Å². The Balaban J connectivity index is 1.31. The molecule has 2 aliphatic carbocycles. The summed E-state index contributed by atoms with van der Waals surface area (Å²) in [7, 11) is 0. The number of nitrogens with zero attached hydrogens (tertiary/aromatic N) is 1. The van der Waals surface area contributed by atoms with E-state index in [9.17, 15) is 4.79 Å². The average molecular weight is 363 g/mol. The number of carbonyl (C=O) groups excluding carboxylic acids is 1. The summed E-state index contributed by atoms with van der Waals surface area (Å²) < 4.78 is 5.47. The Kier molecular flexibility index (Phi) is 5.03. The van der Waals surface area contributed by atoms with Crippen LogP contribution in [-0.4, -0.2) is 49.2 Å². The van der Waals surface area contributed by atoms with Crippen LogP contribution in [-0.2, 0) is 4.74 Å². The van der Waals surface area contributed by atoms with Gasteiger partial charge in [-0.25, -0.2) is 0 Å². The Labute approximate surface area is 154 Å². The molecule has 0 bridgehead atoms. The third kappa shape index (κ3) is 3.57. The zero-order chi connectivity index (χ0) is 17.4. The van der Waals surface area contributed by atoms with Crippen molar-refractivity contribution in [3.8, 4) is 0 Å². The van der Waals surface area contributed by atoms with Gasteiger partial charge in [0.05, 0.1) is 13.2 Å². The van der Waals surface area contributed by atoms with Gasteiger partial charge in [0, 0.05) is 35.8 Å². The van der Waals surface area contributed by atoms with Crippen molar-refractivity contribution in [3.05, 3.63) is 34.9 Å². The molecule has 1 amide bonds. The molecule has 3 aliphatic rings. The maximum absolute atomic E-state index is 12.5. The second kappa shape index (κ2) is 7.26. The predicted molar refractivity (Wildman–Crippen MR) is 98.9 cm³/mol. The van der Waals surface area contributed by atoms with Crippen LogP contribution in [0, 0.1) is 17.8 Å². The highest BCUT2D eigenvalue weighted by atomic mass is 35.5. The third-order valence-electron chi connectivity index (χ3n) is 6.38. The number of amides is 1. The standard InChI is InChI=1S/C20H27ClN2O2/c1-2-18(22-20(24)13-3-5-14(21)6-4-13)19-16-11-15(12-17(16)19)23-7-9-25-10-8-23/h3-6,15-19H,2,7-12H2,1H3,(H,22,24)/t15?,16-,17-,18-,19?/m0/s1. The molecule has 1 aliphatic heterocycles. The monoisotopic (exact) mass is 362 g/mol. The molecule has 1 aromatic rings. The van der Waals surface area contributed by atoms with Gasteiger partial charge in [0.25, 0.3) is 5.91 Å². The molecule has 4 nitrogen and oxygen atoms in total. The summed E-state index contributed by atoms with van der Waals surface area (Å²) in [6.45, 7) is 6.10. The van der Waals surface area contributed by atoms with E-state index in [1.165, 1.54) is 12.8 Å². The molecule has 5 heteroatoms. The molecule has 1 heterocycles. The fourth-order valence-electron chi connectivity index (χ4n) is 5.02. The van der Waals surface area contributed by atoms with E-state index >= 15 is 0 Å². The number of carbonyl (C=O) groups is 1. The van der Waals surface area contributed by atoms with E-state index in [4.69, 9.17) is 16.3 Å². The van der Waals surface area contributed by atoms with Gasteiger partial charge in [-0.05, 0) is 61.3 Å². The maximum atomic E-state index is 12.5. The summed E-state index contributed by atoms with van der Waals surface area (Å²) in [5.41, 5.74) is 0.694. The molecular formula is C20H27ClN2O2. The second-order valence-corrected chi connectivity index (χ2v) is 8.11. The number of ether oxygens (including phenoxy) is 1. The third-order valence-corrected chi connectivity index (χ3v) is 6.63.